The summed E-state index contributed by atoms with van der Waals surface area (Å²) in [6, 6.07) is 7.28. The van der Waals surface area contributed by atoms with Crippen LogP contribution in [0.1, 0.15) is 18.1 Å². The van der Waals surface area contributed by atoms with E-state index in [1.165, 1.54) is 20.3 Å². The van der Waals surface area contributed by atoms with Crippen molar-refractivity contribution in [3.05, 3.63) is 41.5 Å². The van der Waals surface area contributed by atoms with Crippen molar-refractivity contribution in [1.29, 1.82) is 0 Å². The van der Waals surface area contributed by atoms with Crippen molar-refractivity contribution >= 4 is 0 Å². The minimum absolute atomic E-state index is 0.161. The zero-order valence-corrected chi connectivity index (χ0v) is 13.5. The molecular formula is C18H17F3O3. The maximum absolute atomic E-state index is 13.3. The van der Waals surface area contributed by atoms with Gasteiger partial charge in [0.2, 0.25) is 0 Å². The van der Waals surface area contributed by atoms with Crippen LogP contribution in [0.25, 0.3) is 11.1 Å². The Hall–Kier alpha value is -2.37. The second-order valence-electron chi connectivity index (χ2n) is 5.71. The van der Waals surface area contributed by atoms with Crippen molar-refractivity contribution in [3.8, 4) is 28.4 Å². The number of alkyl halides is 3. The first kappa shape index (κ1) is 16.5. The highest BCUT2D eigenvalue weighted by atomic mass is 19.4. The normalized spacial score (nSPS) is 16.5. The van der Waals surface area contributed by atoms with E-state index in [1.54, 1.807) is 18.2 Å². The maximum atomic E-state index is 13.3. The lowest BCUT2D eigenvalue weighted by atomic mass is 9.96. The van der Waals surface area contributed by atoms with Gasteiger partial charge in [-0.05, 0) is 36.8 Å². The van der Waals surface area contributed by atoms with Crippen LogP contribution < -0.4 is 14.2 Å². The van der Waals surface area contributed by atoms with E-state index in [0.29, 0.717) is 40.4 Å². The zero-order valence-electron chi connectivity index (χ0n) is 13.5. The van der Waals surface area contributed by atoms with Crippen molar-refractivity contribution in [2.24, 2.45) is 0 Å². The van der Waals surface area contributed by atoms with Crippen molar-refractivity contribution in [2.75, 3.05) is 14.2 Å². The lowest BCUT2D eigenvalue weighted by Crippen LogP contribution is -2.06. The number of hydrogen-bond acceptors (Lipinski definition) is 3. The molecule has 6 heteroatoms. The van der Waals surface area contributed by atoms with Crippen LogP contribution in [0, 0.1) is 0 Å². The SMILES string of the molecule is COc1ccc(-c2cc(C(F)(F)F)cc3c2OC(C)C3)c(OC)c1. The molecule has 0 bridgehead atoms. The van der Waals surface area contributed by atoms with Crippen LogP contribution in [-0.4, -0.2) is 20.3 Å². The number of benzene rings is 2. The molecule has 1 unspecified atom stereocenters. The van der Waals surface area contributed by atoms with Gasteiger partial charge in [-0.25, -0.2) is 0 Å². The Morgan fingerprint density at radius 2 is 1.79 bits per heavy atom. The van der Waals surface area contributed by atoms with Gasteiger partial charge in [0.05, 0.1) is 19.8 Å². The Morgan fingerprint density at radius 1 is 1.04 bits per heavy atom. The monoisotopic (exact) mass is 338 g/mol. The minimum Gasteiger partial charge on any atom is -0.497 e. The van der Waals surface area contributed by atoms with E-state index in [0.717, 1.165) is 6.07 Å². The Morgan fingerprint density at radius 3 is 2.42 bits per heavy atom. The van der Waals surface area contributed by atoms with E-state index in [1.807, 2.05) is 6.92 Å². The lowest BCUT2D eigenvalue weighted by Gasteiger charge is -2.16. The minimum atomic E-state index is -4.42. The summed E-state index contributed by atoms with van der Waals surface area (Å²) in [6.07, 6.45) is -4.13. The number of ether oxygens (including phenoxy) is 3. The van der Waals surface area contributed by atoms with Crippen molar-refractivity contribution in [3.63, 3.8) is 0 Å². The smallest absolute Gasteiger partial charge is 0.416 e. The van der Waals surface area contributed by atoms with Crippen molar-refractivity contribution in [2.45, 2.75) is 25.6 Å². The van der Waals surface area contributed by atoms with E-state index in [-0.39, 0.29) is 6.10 Å². The maximum Gasteiger partial charge on any atom is 0.416 e. The second kappa shape index (κ2) is 5.92. The molecule has 2 aromatic rings. The zero-order chi connectivity index (χ0) is 17.5. The fourth-order valence-corrected chi connectivity index (χ4v) is 2.92. The fraction of sp³-hybridized carbons (Fsp3) is 0.333. The molecule has 0 radical (unpaired) electrons. The molecule has 24 heavy (non-hydrogen) atoms. The Labute approximate surface area is 138 Å². The molecule has 0 saturated carbocycles. The van der Waals surface area contributed by atoms with Gasteiger partial charge in [-0.15, -0.1) is 0 Å². The van der Waals surface area contributed by atoms with Crippen molar-refractivity contribution < 1.29 is 27.4 Å². The average molecular weight is 338 g/mol. The Kier molecular flexibility index (Phi) is 4.07. The largest absolute Gasteiger partial charge is 0.497 e. The van der Waals surface area contributed by atoms with Crippen LogP contribution in [0.3, 0.4) is 0 Å². The van der Waals surface area contributed by atoms with Crippen LogP contribution in [0.15, 0.2) is 30.3 Å². The average Bonchev–Trinajstić information content (AvgIpc) is 2.92. The summed E-state index contributed by atoms with van der Waals surface area (Å²) in [5.74, 6) is 1.48. The molecule has 0 aliphatic carbocycles. The molecule has 0 fully saturated rings. The highest BCUT2D eigenvalue weighted by Gasteiger charge is 2.35. The number of halogens is 3. The van der Waals surface area contributed by atoms with E-state index in [4.69, 9.17) is 14.2 Å². The molecule has 1 atom stereocenters. The fourth-order valence-electron chi connectivity index (χ4n) is 2.92. The first-order chi connectivity index (χ1) is 11.3. The molecule has 0 aromatic heterocycles. The van der Waals surface area contributed by atoms with Crippen molar-refractivity contribution in [1.82, 2.24) is 0 Å². The Bertz CT molecular complexity index is 769. The lowest BCUT2D eigenvalue weighted by molar-refractivity contribution is -0.137. The van der Waals surface area contributed by atoms with Gasteiger partial charge >= 0.3 is 6.18 Å². The van der Waals surface area contributed by atoms with Gasteiger partial charge in [0.25, 0.3) is 0 Å². The summed E-state index contributed by atoms with van der Waals surface area (Å²) in [5, 5.41) is 0. The van der Waals surface area contributed by atoms with Gasteiger partial charge in [0, 0.05) is 23.6 Å². The summed E-state index contributed by atoms with van der Waals surface area (Å²) >= 11 is 0. The summed E-state index contributed by atoms with van der Waals surface area (Å²) in [7, 11) is 2.98. The molecule has 0 spiro atoms. The molecule has 3 nitrogen and oxygen atoms in total. The summed E-state index contributed by atoms with van der Waals surface area (Å²) in [5.41, 5.74) is 0.787. The predicted molar refractivity (Wildman–Crippen MR) is 83.8 cm³/mol. The summed E-state index contributed by atoms with van der Waals surface area (Å²) < 4.78 is 56.0. The third-order valence-electron chi connectivity index (χ3n) is 4.02. The van der Waals surface area contributed by atoms with Gasteiger partial charge < -0.3 is 14.2 Å². The van der Waals surface area contributed by atoms with E-state index in [9.17, 15) is 13.2 Å². The van der Waals surface area contributed by atoms with Crippen LogP contribution in [-0.2, 0) is 12.6 Å². The molecule has 2 aromatic carbocycles. The van der Waals surface area contributed by atoms with Crippen LogP contribution in [0.2, 0.25) is 0 Å². The molecule has 128 valence electrons. The molecule has 0 saturated heterocycles. The molecule has 0 N–H and O–H groups in total. The van der Waals surface area contributed by atoms with Gasteiger partial charge in [-0.2, -0.15) is 13.2 Å². The van der Waals surface area contributed by atoms with Crippen LogP contribution in [0.4, 0.5) is 13.2 Å². The standard InChI is InChI=1S/C18H17F3O3/c1-10-6-11-7-12(18(19,20)21)8-15(17(11)24-10)14-5-4-13(22-2)9-16(14)23-3/h4-5,7-10H,6H2,1-3H3. The topological polar surface area (TPSA) is 27.7 Å². The second-order valence-corrected chi connectivity index (χ2v) is 5.71. The van der Waals surface area contributed by atoms with E-state index in [2.05, 4.69) is 0 Å². The first-order valence-corrected chi connectivity index (χ1v) is 7.46. The number of fused-ring (bicyclic) bond motifs is 1. The molecule has 1 aliphatic heterocycles. The van der Waals surface area contributed by atoms with Gasteiger partial charge in [0.15, 0.2) is 0 Å². The number of rotatable bonds is 3. The molecule has 1 heterocycles. The highest BCUT2D eigenvalue weighted by Crippen LogP contribution is 2.46. The predicted octanol–water partition coefficient (Wildman–Crippen LogP) is 4.71. The van der Waals surface area contributed by atoms with E-state index >= 15 is 0 Å². The molecular weight excluding hydrogens is 321 g/mol. The molecule has 1 aliphatic rings. The van der Waals surface area contributed by atoms with Gasteiger partial charge in [-0.1, -0.05) is 0 Å². The number of methoxy groups -OCH3 is 2. The molecule has 3 rings (SSSR count). The quantitative estimate of drug-likeness (QED) is 0.811. The Balaban J connectivity index is 2.23. The van der Waals surface area contributed by atoms with E-state index < -0.39 is 11.7 Å². The number of hydrogen-bond donors (Lipinski definition) is 0. The third-order valence-corrected chi connectivity index (χ3v) is 4.02. The highest BCUT2D eigenvalue weighted by molar-refractivity contribution is 5.79. The van der Waals surface area contributed by atoms with Crippen LogP contribution in [0.5, 0.6) is 17.2 Å². The third kappa shape index (κ3) is 2.88. The van der Waals surface area contributed by atoms with Gasteiger partial charge in [-0.3, -0.25) is 0 Å². The van der Waals surface area contributed by atoms with Crippen LogP contribution >= 0.6 is 0 Å². The molecule has 0 amide bonds. The first-order valence-electron chi connectivity index (χ1n) is 7.46. The summed E-state index contributed by atoms with van der Waals surface area (Å²) in [4.78, 5) is 0. The van der Waals surface area contributed by atoms with Gasteiger partial charge in [0.1, 0.15) is 23.4 Å². The summed E-state index contributed by atoms with van der Waals surface area (Å²) in [6.45, 7) is 1.84.